The third kappa shape index (κ3) is 4.22. The number of aliphatic hydroxyl groups excluding tert-OH is 1. The topological polar surface area (TPSA) is 97.5 Å². The minimum absolute atomic E-state index is 0.0312. The van der Waals surface area contributed by atoms with Crippen LogP contribution in [0.15, 0.2) is 22.7 Å². The highest BCUT2D eigenvalue weighted by Gasteiger charge is 2.36. The van der Waals surface area contributed by atoms with E-state index in [1.165, 1.54) is 0 Å². The van der Waals surface area contributed by atoms with Crippen LogP contribution >= 0.6 is 0 Å². The molecule has 2 N–H and O–H groups in total. The summed E-state index contributed by atoms with van der Waals surface area (Å²) in [5.41, 5.74) is 2.00. The van der Waals surface area contributed by atoms with Gasteiger partial charge in [-0.05, 0) is 44.7 Å². The summed E-state index contributed by atoms with van der Waals surface area (Å²) in [6.45, 7) is 6.04. The van der Waals surface area contributed by atoms with E-state index in [0.717, 1.165) is 16.9 Å². The maximum absolute atomic E-state index is 12.1. The van der Waals surface area contributed by atoms with Gasteiger partial charge in [-0.1, -0.05) is 23.4 Å². The van der Waals surface area contributed by atoms with E-state index in [-0.39, 0.29) is 24.3 Å². The predicted molar refractivity (Wildman–Crippen MR) is 94.9 cm³/mol. The molecule has 2 aromatic rings. The van der Waals surface area contributed by atoms with Crippen LogP contribution in [0.3, 0.4) is 0 Å². The Hall–Kier alpha value is -2.41. The van der Waals surface area contributed by atoms with E-state index in [2.05, 4.69) is 15.5 Å². The molecule has 1 aromatic carbocycles. The molecule has 0 aliphatic heterocycles. The number of para-hydroxylation sites is 1. The number of hydrogen-bond donors (Lipinski definition) is 2. The Labute approximate surface area is 152 Å². The molecule has 7 nitrogen and oxygen atoms in total. The molecular weight excluding hydrogens is 334 g/mol. The number of nitrogens with one attached hydrogen (secondary N) is 1. The Morgan fingerprint density at radius 3 is 2.69 bits per heavy atom. The average molecular weight is 359 g/mol. The second-order valence-corrected chi connectivity index (χ2v) is 6.99. The molecule has 1 aromatic heterocycles. The van der Waals surface area contributed by atoms with E-state index in [4.69, 9.17) is 9.26 Å². The largest absolute Gasteiger partial charge is 0.483 e. The van der Waals surface area contributed by atoms with E-state index in [1.54, 1.807) is 6.92 Å². The van der Waals surface area contributed by atoms with Gasteiger partial charge >= 0.3 is 0 Å². The maximum Gasteiger partial charge on any atom is 0.257 e. The van der Waals surface area contributed by atoms with Crippen LogP contribution in [-0.4, -0.2) is 40.4 Å². The molecule has 0 spiro atoms. The summed E-state index contributed by atoms with van der Waals surface area (Å²) in [5.74, 6) is 1.71. The fraction of sp³-hybridized carbons (Fsp3) is 0.526. The van der Waals surface area contributed by atoms with E-state index in [9.17, 15) is 9.90 Å². The minimum atomic E-state index is -0.493. The predicted octanol–water partition coefficient (Wildman–Crippen LogP) is 2.04. The summed E-state index contributed by atoms with van der Waals surface area (Å²) >= 11 is 0. The van der Waals surface area contributed by atoms with Gasteiger partial charge in [-0.25, -0.2) is 0 Å². The van der Waals surface area contributed by atoms with Gasteiger partial charge in [-0.15, -0.1) is 0 Å². The molecule has 1 fully saturated rings. The molecule has 0 radical (unpaired) electrons. The summed E-state index contributed by atoms with van der Waals surface area (Å²) in [7, 11) is 0. The maximum atomic E-state index is 12.1. The molecule has 3 atom stereocenters. The van der Waals surface area contributed by atoms with Crippen LogP contribution in [0.25, 0.3) is 0 Å². The Bertz CT molecular complexity index is 754. The molecule has 3 rings (SSSR count). The number of rotatable bonds is 6. The molecular formula is C19H25N3O4. The summed E-state index contributed by atoms with van der Waals surface area (Å²) < 4.78 is 10.9. The van der Waals surface area contributed by atoms with Crippen LogP contribution in [0, 0.1) is 26.7 Å². The molecule has 26 heavy (non-hydrogen) atoms. The van der Waals surface area contributed by atoms with Crippen molar-refractivity contribution >= 4 is 5.91 Å². The lowest BCUT2D eigenvalue weighted by Gasteiger charge is -2.16. The monoisotopic (exact) mass is 359 g/mol. The molecule has 0 unspecified atom stereocenters. The van der Waals surface area contributed by atoms with Crippen molar-refractivity contribution in [2.75, 3.05) is 13.2 Å². The molecule has 7 heteroatoms. The van der Waals surface area contributed by atoms with Crippen LogP contribution < -0.4 is 10.1 Å². The summed E-state index contributed by atoms with van der Waals surface area (Å²) in [4.78, 5) is 16.3. The smallest absolute Gasteiger partial charge is 0.257 e. The lowest BCUT2D eigenvalue weighted by atomic mass is 10.0. The lowest BCUT2D eigenvalue weighted by molar-refractivity contribution is -0.123. The van der Waals surface area contributed by atoms with Crippen LogP contribution in [-0.2, 0) is 4.79 Å². The Morgan fingerprint density at radius 1 is 1.31 bits per heavy atom. The first kappa shape index (κ1) is 18.4. The highest BCUT2D eigenvalue weighted by Crippen LogP contribution is 2.37. The zero-order chi connectivity index (χ0) is 18.7. The van der Waals surface area contributed by atoms with Gasteiger partial charge in [-0.3, -0.25) is 4.79 Å². The lowest BCUT2D eigenvalue weighted by Crippen LogP contribution is -2.35. The zero-order valence-corrected chi connectivity index (χ0v) is 15.4. The Morgan fingerprint density at radius 2 is 2.04 bits per heavy atom. The van der Waals surface area contributed by atoms with Crippen molar-refractivity contribution in [3.8, 4) is 5.75 Å². The highest BCUT2D eigenvalue weighted by molar-refractivity contribution is 5.77. The van der Waals surface area contributed by atoms with Crippen LogP contribution in [0.5, 0.6) is 5.75 Å². The number of benzene rings is 1. The number of aromatic nitrogens is 2. The van der Waals surface area contributed by atoms with Crippen molar-refractivity contribution in [2.45, 2.75) is 45.6 Å². The van der Waals surface area contributed by atoms with Gasteiger partial charge in [0.05, 0.1) is 6.10 Å². The number of carbonyl (C=O) groups excluding carboxylic acids is 1. The molecule has 1 amide bonds. The van der Waals surface area contributed by atoms with E-state index >= 15 is 0 Å². The van der Waals surface area contributed by atoms with Crippen molar-refractivity contribution in [1.29, 1.82) is 0 Å². The highest BCUT2D eigenvalue weighted by atomic mass is 16.5. The second-order valence-electron chi connectivity index (χ2n) is 6.99. The normalized spacial score (nSPS) is 22.4. The molecule has 1 aliphatic rings. The third-order valence-electron chi connectivity index (χ3n) is 4.87. The van der Waals surface area contributed by atoms with Crippen molar-refractivity contribution in [1.82, 2.24) is 15.5 Å². The minimum Gasteiger partial charge on any atom is -0.483 e. The number of nitrogens with zero attached hydrogens (tertiary/aromatic N) is 2. The first-order chi connectivity index (χ1) is 12.4. The molecule has 1 aliphatic carbocycles. The first-order valence-electron chi connectivity index (χ1n) is 8.88. The van der Waals surface area contributed by atoms with Crippen LogP contribution in [0.1, 0.15) is 41.6 Å². The third-order valence-corrected chi connectivity index (χ3v) is 4.87. The molecule has 1 saturated carbocycles. The second kappa shape index (κ2) is 7.86. The molecule has 0 saturated heterocycles. The first-order valence-corrected chi connectivity index (χ1v) is 8.88. The van der Waals surface area contributed by atoms with Gasteiger partial charge in [0.1, 0.15) is 5.75 Å². The fourth-order valence-electron chi connectivity index (χ4n) is 3.46. The van der Waals surface area contributed by atoms with Crippen LogP contribution in [0.2, 0.25) is 0 Å². The van der Waals surface area contributed by atoms with E-state index < -0.39 is 6.10 Å². The zero-order valence-electron chi connectivity index (χ0n) is 15.4. The number of hydrogen-bond acceptors (Lipinski definition) is 6. The van der Waals surface area contributed by atoms with Crippen LogP contribution in [0.4, 0.5) is 0 Å². The Balaban J connectivity index is 1.47. The van der Waals surface area contributed by atoms with Gasteiger partial charge in [0.2, 0.25) is 5.89 Å². The number of ether oxygens (including phenoxy) is 1. The van der Waals surface area contributed by atoms with Crippen molar-refractivity contribution in [2.24, 2.45) is 5.92 Å². The molecule has 140 valence electrons. The molecule has 1 heterocycles. The van der Waals surface area contributed by atoms with E-state index in [1.807, 2.05) is 32.0 Å². The Kier molecular flexibility index (Phi) is 5.56. The van der Waals surface area contributed by atoms with Crippen molar-refractivity contribution in [3.63, 3.8) is 0 Å². The average Bonchev–Trinajstić information content (AvgIpc) is 3.18. The summed E-state index contributed by atoms with van der Waals surface area (Å²) in [5, 5.41) is 16.9. The van der Waals surface area contributed by atoms with Gasteiger partial charge in [0, 0.05) is 18.4 Å². The summed E-state index contributed by atoms with van der Waals surface area (Å²) in [6, 6.07) is 5.86. The number of aliphatic hydroxyl groups is 1. The number of amides is 1. The van der Waals surface area contributed by atoms with E-state index in [0.29, 0.717) is 31.1 Å². The van der Waals surface area contributed by atoms with Gasteiger partial charge in [0.15, 0.2) is 12.4 Å². The molecule has 0 bridgehead atoms. The van der Waals surface area contributed by atoms with Gasteiger partial charge in [-0.2, -0.15) is 4.98 Å². The van der Waals surface area contributed by atoms with Gasteiger partial charge < -0.3 is 19.7 Å². The SMILES string of the molecule is Cc1noc([C@H]2C[C@H](CNC(=O)COc3c(C)cccc3C)[C@H](O)C2)n1. The number of aryl methyl sites for hydroxylation is 3. The standard InChI is InChI=1S/C19H25N3O4/c1-11-5-4-6-12(2)18(11)25-10-17(24)20-9-15-7-14(8-16(15)23)19-21-13(3)22-26-19/h4-6,14-16,23H,7-10H2,1-3H3,(H,20,24)/t14-,15+,16+/m0/s1. The summed E-state index contributed by atoms with van der Waals surface area (Å²) in [6.07, 6.45) is 0.786. The number of carbonyl (C=O) groups is 1. The van der Waals surface area contributed by atoms with Gasteiger partial charge in [0.25, 0.3) is 5.91 Å². The van der Waals surface area contributed by atoms with Crippen molar-refractivity contribution in [3.05, 3.63) is 41.0 Å². The fourth-order valence-corrected chi connectivity index (χ4v) is 3.46. The quantitative estimate of drug-likeness (QED) is 0.819. The van der Waals surface area contributed by atoms with Crippen molar-refractivity contribution < 1.29 is 19.2 Å².